The number of carbonyl (C=O) groups excluding carboxylic acids is 1. The van der Waals surface area contributed by atoms with Crippen molar-refractivity contribution < 1.29 is 9.72 Å². The largest absolute Gasteiger partial charge is 0.348 e. The summed E-state index contributed by atoms with van der Waals surface area (Å²) >= 11 is 0. The van der Waals surface area contributed by atoms with Crippen LogP contribution in [0, 0.1) is 10.1 Å². The van der Waals surface area contributed by atoms with Crippen LogP contribution in [-0.4, -0.2) is 51.5 Å². The van der Waals surface area contributed by atoms with E-state index in [0.717, 1.165) is 29.9 Å². The van der Waals surface area contributed by atoms with Gasteiger partial charge in [0, 0.05) is 19.6 Å². The maximum Gasteiger partial charge on any atom is 0.348 e. The van der Waals surface area contributed by atoms with E-state index in [-0.39, 0.29) is 18.1 Å². The molecule has 0 spiro atoms. The van der Waals surface area contributed by atoms with E-state index in [2.05, 4.69) is 10.3 Å². The van der Waals surface area contributed by atoms with Gasteiger partial charge >= 0.3 is 11.4 Å². The molecule has 1 aliphatic heterocycles. The van der Waals surface area contributed by atoms with Crippen LogP contribution in [0.5, 0.6) is 0 Å². The van der Waals surface area contributed by atoms with Gasteiger partial charge in [0.15, 0.2) is 0 Å². The molecule has 20 heavy (non-hydrogen) atoms. The second kappa shape index (κ2) is 6.24. The minimum atomic E-state index is -0.670. The summed E-state index contributed by atoms with van der Waals surface area (Å²) in [4.78, 5) is 38.7. The molecule has 108 valence electrons. The molecule has 0 unspecified atom stereocenters. The normalized spacial score (nSPS) is 15.7. The molecule has 2 heterocycles. The Morgan fingerprint density at radius 2 is 2.25 bits per heavy atom. The minimum absolute atomic E-state index is 0.229. The van der Waals surface area contributed by atoms with Crippen molar-refractivity contribution in [3.8, 4) is 0 Å². The monoisotopic (exact) mass is 281 g/mol. The zero-order valence-electron chi connectivity index (χ0n) is 10.8. The molecule has 1 aromatic heterocycles. The standard InChI is InChI=1S/C11H15N5O4/c17-10(14-4-1-2-12-3-5-14)8-15-7-9(16(19)20)6-13-11(15)18/h6-7,12H,1-5,8H2. The van der Waals surface area contributed by atoms with Crippen LogP contribution in [0.2, 0.25) is 0 Å². The lowest BCUT2D eigenvalue weighted by molar-refractivity contribution is -0.385. The van der Waals surface area contributed by atoms with E-state index in [0.29, 0.717) is 19.6 Å². The number of amides is 1. The first-order valence-electron chi connectivity index (χ1n) is 6.27. The van der Waals surface area contributed by atoms with E-state index in [1.54, 1.807) is 4.90 Å². The fourth-order valence-corrected chi connectivity index (χ4v) is 1.99. The number of nitrogens with zero attached hydrogens (tertiary/aromatic N) is 4. The Hall–Kier alpha value is -2.29. The van der Waals surface area contributed by atoms with Crippen LogP contribution in [0.3, 0.4) is 0 Å². The predicted molar refractivity (Wildman–Crippen MR) is 69.2 cm³/mol. The number of rotatable bonds is 3. The molecule has 1 amide bonds. The lowest BCUT2D eigenvalue weighted by Gasteiger charge is -2.20. The van der Waals surface area contributed by atoms with Crippen molar-refractivity contribution in [2.45, 2.75) is 13.0 Å². The van der Waals surface area contributed by atoms with Gasteiger partial charge in [-0.05, 0) is 13.0 Å². The van der Waals surface area contributed by atoms with Crippen LogP contribution < -0.4 is 11.0 Å². The molecule has 0 saturated carbocycles. The van der Waals surface area contributed by atoms with Gasteiger partial charge in [-0.25, -0.2) is 4.79 Å². The Kier molecular flexibility index (Phi) is 4.41. The molecule has 1 N–H and O–H groups in total. The number of hydrogen-bond donors (Lipinski definition) is 1. The molecular formula is C11H15N5O4. The van der Waals surface area contributed by atoms with Crippen LogP contribution in [0.25, 0.3) is 0 Å². The summed E-state index contributed by atoms with van der Waals surface area (Å²) in [6.45, 7) is 2.50. The molecule has 0 aromatic carbocycles. The zero-order chi connectivity index (χ0) is 14.5. The van der Waals surface area contributed by atoms with Crippen molar-refractivity contribution in [3.05, 3.63) is 33.0 Å². The van der Waals surface area contributed by atoms with Gasteiger partial charge in [-0.1, -0.05) is 0 Å². The lowest BCUT2D eigenvalue weighted by Crippen LogP contribution is -2.38. The molecule has 1 saturated heterocycles. The number of nitro groups is 1. The third-order valence-electron chi connectivity index (χ3n) is 3.05. The summed E-state index contributed by atoms with van der Waals surface area (Å²) in [5.41, 5.74) is -0.980. The molecule has 9 nitrogen and oxygen atoms in total. The summed E-state index contributed by atoms with van der Waals surface area (Å²) in [5.74, 6) is -0.238. The van der Waals surface area contributed by atoms with Crippen LogP contribution >= 0.6 is 0 Å². The lowest BCUT2D eigenvalue weighted by atomic mass is 10.3. The molecule has 2 rings (SSSR count). The SMILES string of the molecule is O=C(Cn1cc([N+](=O)[O-])cnc1=O)N1CCCNCC1. The molecule has 1 aliphatic rings. The predicted octanol–water partition coefficient (Wildman–Crippen LogP) is -1.03. The Morgan fingerprint density at radius 1 is 1.45 bits per heavy atom. The molecule has 9 heteroatoms. The van der Waals surface area contributed by atoms with Crippen molar-refractivity contribution in [2.75, 3.05) is 26.2 Å². The first-order chi connectivity index (χ1) is 9.58. The quantitative estimate of drug-likeness (QED) is 0.560. The molecular weight excluding hydrogens is 266 g/mol. The van der Waals surface area contributed by atoms with Gasteiger partial charge in [0.05, 0.1) is 11.1 Å². The first kappa shape index (κ1) is 14.1. The molecule has 0 bridgehead atoms. The smallest absolute Gasteiger partial charge is 0.340 e. The van der Waals surface area contributed by atoms with Crippen molar-refractivity contribution in [3.63, 3.8) is 0 Å². The fraction of sp³-hybridized carbons (Fsp3) is 0.545. The highest BCUT2D eigenvalue weighted by Crippen LogP contribution is 2.05. The maximum atomic E-state index is 12.1. The highest BCUT2D eigenvalue weighted by atomic mass is 16.6. The second-order valence-electron chi connectivity index (χ2n) is 4.46. The number of aromatic nitrogens is 2. The zero-order valence-corrected chi connectivity index (χ0v) is 10.8. The Labute approximate surface area is 114 Å². The minimum Gasteiger partial charge on any atom is -0.340 e. The van der Waals surface area contributed by atoms with E-state index in [9.17, 15) is 19.7 Å². The van der Waals surface area contributed by atoms with E-state index in [1.165, 1.54) is 0 Å². The van der Waals surface area contributed by atoms with Crippen molar-refractivity contribution in [1.29, 1.82) is 0 Å². The fourth-order valence-electron chi connectivity index (χ4n) is 1.99. The van der Waals surface area contributed by atoms with Crippen LogP contribution in [0.4, 0.5) is 5.69 Å². The molecule has 0 aliphatic carbocycles. The van der Waals surface area contributed by atoms with E-state index >= 15 is 0 Å². The molecule has 1 fully saturated rings. The van der Waals surface area contributed by atoms with Gasteiger partial charge in [-0.3, -0.25) is 19.5 Å². The average Bonchev–Trinajstić information content (AvgIpc) is 2.70. The summed E-state index contributed by atoms with van der Waals surface area (Å²) in [6.07, 6.45) is 2.77. The van der Waals surface area contributed by atoms with Gasteiger partial charge in [-0.15, -0.1) is 0 Å². The first-order valence-corrected chi connectivity index (χ1v) is 6.27. The summed E-state index contributed by atoms with van der Waals surface area (Å²) in [7, 11) is 0. The highest BCUT2D eigenvalue weighted by molar-refractivity contribution is 5.76. The topological polar surface area (TPSA) is 110 Å². The average molecular weight is 281 g/mol. The summed E-state index contributed by atoms with van der Waals surface area (Å²) in [5, 5.41) is 13.8. The van der Waals surface area contributed by atoms with Gasteiger partial charge in [0.25, 0.3) is 0 Å². The van der Waals surface area contributed by atoms with E-state index < -0.39 is 10.6 Å². The third-order valence-corrected chi connectivity index (χ3v) is 3.05. The van der Waals surface area contributed by atoms with Crippen LogP contribution in [0.15, 0.2) is 17.2 Å². The molecule has 0 radical (unpaired) electrons. The van der Waals surface area contributed by atoms with Crippen LogP contribution in [0.1, 0.15) is 6.42 Å². The number of nitrogens with one attached hydrogen (secondary N) is 1. The molecule has 1 aromatic rings. The maximum absolute atomic E-state index is 12.1. The van der Waals surface area contributed by atoms with Crippen molar-refractivity contribution >= 4 is 11.6 Å². The van der Waals surface area contributed by atoms with Crippen molar-refractivity contribution in [1.82, 2.24) is 19.8 Å². The van der Waals surface area contributed by atoms with Gasteiger partial charge in [-0.2, -0.15) is 4.98 Å². The Morgan fingerprint density at radius 3 is 3.00 bits per heavy atom. The highest BCUT2D eigenvalue weighted by Gasteiger charge is 2.17. The van der Waals surface area contributed by atoms with Gasteiger partial charge in [0.2, 0.25) is 5.91 Å². The number of hydrogen-bond acceptors (Lipinski definition) is 6. The van der Waals surface area contributed by atoms with E-state index in [4.69, 9.17) is 0 Å². The Balaban J connectivity index is 2.12. The van der Waals surface area contributed by atoms with Crippen LogP contribution in [-0.2, 0) is 11.3 Å². The van der Waals surface area contributed by atoms with Gasteiger partial charge < -0.3 is 10.2 Å². The Bertz CT molecular complexity index is 562. The second-order valence-corrected chi connectivity index (χ2v) is 4.46. The van der Waals surface area contributed by atoms with Crippen molar-refractivity contribution in [2.24, 2.45) is 0 Å². The summed E-state index contributed by atoms with van der Waals surface area (Å²) < 4.78 is 0.971. The number of carbonyl (C=O) groups is 1. The van der Waals surface area contributed by atoms with E-state index in [1.807, 2.05) is 0 Å². The summed E-state index contributed by atoms with van der Waals surface area (Å²) in [6, 6.07) is 0. The third kappa shape index (κ3) is 3.38. The molecule has 0 atom stereocenters. The van der Waals surface area contributed by atoms with Gasteiger partial charge in [0.1, 0.15) is 12.7 Å².